The molecule has 18 heteroatoms. The molecule has 0 radical (unpaired) electrons. The SMILES string of the molecule is Cc1ncsc1-c1ccc(CNC(=O)[C@@H]2C[C@@H](O)CN2C(=O)[C@@H](NC(=O)CCCCCC(=O)NCCC(=O)Nc2cc3cc(-c4cncc(N)c4C)c(F)c(N)c3cn2)C(C)(C)C)cc1. The van der Waals surface area contributed by atoms with Crippen LogP contribution in [0.2, 0.25) is 0 Å². The molecule has 0 aliphatic carbocycles. The lowest BCUT2D eigenvalue weighted by atomic mass is 9.85. The van der Waals surface area contributed by atoms with Crippen molar-refractivity contribution in [3.8, 4) is 21.6 Å². The van der Waals surface area contributed by atoms with Crippen molar-refractivity contribution in [1.29, 1.82) is 0 Å². The molecule has 2 aromatic carbocycles. The third kappa shape index (κ3) is 12.0. The topological polar surface area (TPSA) is 248 Å². The molecule has 9 N–H and O–H groups in total. The van der Waals surface area contributed by atoms with E-state index in [0.717, 1.165) is 21.7 Å². The van der Waals surface area contributed by atoms with Crippen molar-refractivity contribution in [3.05, 3.63) is 83.1 Å². The van der Waals surface area contributed by atoms with E-state index in [0.29, 0.717) is 46.8 Å². The largest absolute Gasteiger partial charge is 0.397 e. The minimum Gasteiger partial charge on any atom is -0.397 e. The van der Waals surface area contributed by atoms with Gasteiger partial charge in [0.2, 0.25) is 29.5 Å². The molecule has 0 bridgehead atoms. The fourth-order valence-electron chi connectivity index (χ4n) is 7.75. The number of halogens is 1. The molecule has 344 valence electrons. The number of aliphatic hydroxyl groups excluding tert-OH is 1. The van der Waals surface area contributed by atoms with Crippen molar-refractivity contribution in [2.24, 2.45) is 5.41 Å². The van der Waals surface area contributed by atoms with Gasteiger partial charge in [-0.1, -0.05) is 51.5 Å². The summed E-state index contributed by atoms with van der Waals surface area (Å²) in [5.74, 6) is -2.18. The van der Waals surface area contributed by atoms with Gasteiger partial charge in [0, 0.05) is 74.2 Å². The van der Waals surface area contributed by atoms with Crippen molar-refractivity contribution in [2.45, 2.75) is 104 Å². The summed E-state index contributed by atoms with van der Waals surface area (Å²) in [4.78, 5) is 80.8. The van der Waals surface area contributed by atoms with E-state index < -0.39 is 35.3 Å². The number of nitrogens with two attached hydrogens (primary N) is 2. The number of carbonyl (C=O) groups excluding carboxylic acids is 5. The Bertz CT molecular complexity index is 2560. The molecular weight excluding hydrogens is 852 g/mol. The number of nitrogens with one attached hydrogen (secondary N) is 4. The maximum absolute atomic E-state index is 15.3. The van der Waals surface area contributed by atoms with E-state index in [2.05, 4.69) is 36.2 Å². The molecule has 0 unspecified atom stereocenters. The number of benzene rings is 2. The number of β-amino-alcohol motifs (C(OH)–C–C–N with tert-alkyl or cyclic N) is 1. The molecule has 16 nitrogen and oxygen atoms in total. The Morgan fingerprint density at radius 3 is 2.32 bits per heavy atom. The van der Waals surface area contributed by atoms with Crippen LogP contribution in [0.5, 0.6) is 0 Å². The van der Waals surface area contributed by atoms with Crippen LogP contribution >= 0.6 is 11.3 Å². The molecule has 65 heavy (non-hydrogen) atoms. The number of aliphatic hydroxyl groups is 1. The highest BCUT2D eigenvalue weighted by atomic mass is 32.1. The fraction of sp³-hybridized carbons (Fsp3) is 0.404. The minimum absolute atomic E-state index is 0.0186. The molecule has 3 atom stereocenters. The Balaban J connectivity index is 0.907. The van der Waals surface area contributed by atoms with Gasteiger partial charge < -0.3 is 42.7 Å². The number of amides is 5. The van der Waals surface area contributed by atoms with Gasteiger partial charge in [0.1, 0.15) is 17.9 Å². The number of nitrogens with zero attached hydrogens (tertiary/aromatic N) is 4. The standard InChI is InChI=1S/C47H57FN10O6S/c1-26-33(21-51-23-35(26)49)32-17-30-18-37(53-22-34(30)42(50)41(32)48)56-40(62)15-16-52-38(60)9-7-6-8-10-39(61)57-44(47(3,4)5)46(64)58-24-31(59)19-36(58)45(63)54-20-28-11-13-29(14-12-28)43-27(2)55-25-65-43/h11-14,17-18,21-23,25,31,36,44,59H,6-10,15-16,19-20,24,49-50H2,1-5H3,(H,52,60)(H,54,63)(H,57,61)(H,53,56,62)/t31-,36+,44-/m1/s1. The summed E-state index contributed by atoms with van der Waals surface area (Å²) in [5, 5.41) is 22.7. The zero-order chi connectivity index (χ0) is 47.0. The van der Waals surface area contributed by atoms with Crippen LogP contribution in [0.15, 0.2) is 60.5 Å². The number of likely N-dealkylation sites (tertiary alicyclic amines) is 1. The van der Waals surface area contributed by atoms with E-state index >= 15 is 4.39 Å². The van der Waals surface area contributed by atoms with Crippen molar-refractivity contribution in [3.63, 3.8) is 0 Å². The van der Waals surface area contributed by atoms with Crippen LogP contribution < -0.4 is 32.7 Å². The van der Waals surface area contributed by atoms with Crippen molar-refractivity contribution >= 4 is 68.8 Å². The summed E-state index contributed by atoms with van der Waals surface area (Å²) in [6, 6.07) is 9.17. The first-order chi connectivity index (χ1) is 30.9. The van der Waals surface area contributed by atoms with Crippen molar-refractivity contribution < 1.29 is 33.5 Å². The van der Waals surface area contributed by atoms with E-state index in [1.54, 1.807) is 35.9 Å². The average molecular weight is 909 g/mol. The molecule has 5 amide bonds. The third-order valence-electron chi connectivity index (χ3n) is 11.5. The number of fused-ring (bicyclic) bond motifs is 1. The summed E-state index contributed by atoms with van der Waals surface area (Å²) >= 11 is 1.56. The normalized spacial score (nSPS) is 15.4. The van der Waals surface area contributed by atoms with Gasteiger partial charge in [0.25, 0.3) is 0 Å². The van der Waals surface area contributed by atoms with E-state index in [-0.39, 0.29) is 86.0 Å². The lowest BCUT2D eigenvalue weighted by molar-refractivity contribution is -0.144. The number of pyridine rings is 2. The second-order valence-electron chi connectivity index (χ2n) is 17.5. The molecule has 0 spiro atoms. The summed E-state index contributed by atoms with van der Waals surface area (Å²) in [5.41, 5.74) is 17.8. The molecule has 6 rings (SSSR count). The first kappa shape index (κ1) is 47.9. The van der Waals surface area contributed by atoms with Crippen LogP contribution in [0.1, 0.15) is 82.5 Å². The van der Waals surface area contributed by atoms with Gasteiger partial charge in [-0.2, -0.15) is 0 Å². The highest BCUT2D eigenvalue weighted by Crippen LogP contribution is 2.36. The van der Waals surface area contributed by atoms with Crippen LogP contribution in [0.3, 0.4) is 0 Å². The molecular formula is C47H57FN10O6S. The highest BCUT2D eigenvalue weighted by molar-refractivity contribution is 7.13. The van der Waals surface area contributed by atoms with Crippen molar-refractivity contribution in [2.75, 3.05) is 29.9 Å². The van der Waals surface area contributed by atoms with E-state index in [4.69, 9.17) is 11.5 Å². The van der Waals surface area contributed by atoms with Crippen LogP contribution in [-0.2, 0) is 30.5 Å². The number of aromatic nitrogens is 3. The molecule has 1 fully saturated rings. The lowest BCUT2D eigenvalue weighted by Gasteiger charge is -2.35. The van der Waals surface area contributed by atoms with Gasteiger partial charge in [0.05, 0.1) is 39.8 Å². The third-order valence-corrected chi connectivity index (χ3v) is 12.5. The maximum atomic E-state index is 15.3. The molecule has 0 saturated carbocycles. The lowest BCUT2D eigenvalue weighted by Crippen LogP contribution is -2.57. The number of aryl methyl sites for hydroxylation is 1. The van der Waals surface area contributed by atoms with Crippen LogP contribution in [0.25, 0.3) is 32.3 Å². The number of hydrogen-bond donors (Lipinski definition) is 7. The zero-order valence-corrected chi connectivity index (χ0v) is 38.1. The predicted molar refractivity (Wildman–Crippen MR) is 249 cm³/mol. The number of rotatable bonds is 17. The second-order valence-corrected chi connectivity index (χ2v) is 18.4. The Labute approximate surface area is 381 Å². The van der Waals surface area contributed by atoms with Gasteiger partial charge in [-0.15, -0.1) is 11.3 Å². The summed E-state index contributed by atoms with van der Waals surface area (Å²) < 4.78 is 15.3. The van der Waals surface area contributed by atoms with E-state index in [1.807, 2.05) is 52.0 Å². The van der Waals surface area contributed by atoms with Gasteiger partial charge in [-0.25, -0.2) is 14.4 Å². The predicted octanol–water partition coefficient (Wildman–Crippen LogP) is 5.55. The molecule has 4 heterocycles. The van der Waals surface area contributed by atoms with Gasteiger partial charge >= 0.3 is 0 Å². The first-order valence-electron chi connectivity index (χ1n) is 21.6. The Kier molecular flexibility index (Phi) is 15.5. The minimum atomic E-state index is -0.948. The maximum Gasteiger partial charge on any atom is 0.246 e. The van der Waals surface area contributed by atoms with E-state index in [1.165, 1.54) is 23.5 Å². The number of nitrogen functional groups attached to an aromatic ring is 2. The molecule has 5 aromatic rings. The van der Waals surface area contributed by atoms with Crippen LogP contribution in [0, 0.1) is 25.1 Å². The molecule has 1 aliphatic heterocycles. The molecule has 1 aliphatic rings. The number of unbranched alkanes of at least 4 members (excludes halogenated alkanes) is 2. The van der Waals surface area contributed by atoms with E-state index in [9.17, 15) is 29.1 Å². The fourth-order valence-corrected chi connectivity index (χ4v) is 8.56. The van der Waals surface area contributed by atoms with Crippen molar-refractivity contribution in [1.82, 2.24) is 35.8 Å². The average Bonchev–Trinajstić information content (AvgIpc) is 3.88. The Morgan fingerprint density at radius 1 is 0.908 bits per heavy atom. The highest BCUT2D eigenvalue weighted by Gasteiger charge is 2.44. The number of thiazole rings is 1. The van der Waals surface area contributed by atoms with Gasteiger partial charge in [-0.3, -0.25) is 29.0 Å². The van der Waals surface area contributed by atoms with Crippen LogP contribution in [0.4, 0.5) is 21.6 Å². The van der Waals surface area contributed by atoms with Crippen LogP contribution in [-0.4, -0.2) is 85.8 Å². The van der Waals surface area contributed by atoms with Gasteiger partial charge in [0.15, 0.2) is 5.82 Å². The second kappa shape index (κ2) is 21.0. The number of anilines is 3. The first-order valence-corrected chi connectivity index (χ1v) is 22.5. The van der Waals surface area contributed by atoms with Gasteiger partial charge in [-0.05, 0) is 66.3 Å². The zero-order valence-electron chi connectivity index (χ0n) is 37.3. The smallest absolute Gasteiger partial charge is 0.246 e. The Morgan fingerprint density at radius 2 is 1.63 bits per heavy atom. The quantitative estimate of drug-likeness (QED) is 0.0451. The molecule has 3 aromatic heterocycles. The summed E-state index contributed by atoms with van der Waals surface area (Å²) in [6.07, 6.45) is 5.43. The molecule has 1 saturated heterocycles. The number of hydrogen-bond acceptors (Lipinski definition) is 12. The Hall–Kier alpha value is -6.53. The number of carbonyl (C=O) groups is 5. The monoisotopic (exact) mass is 908 g/mol. The summed E-state index contributed by atoms with van der Waals surface area (Å²) in [6.45, 7) is 9.51. The summed E-state index contributed by atoms with van der Waals surface area (Å²) in [7, 11) is 0.